The average Bonchev–Trinajstić information content (AvgIpc) is 2.99. The molecule has 11 nitrogen and oxygen atoms in total. The molecule has 1 aromatic heterocycles. The first-order valence-electron chi connectivity index (χ1n) is 8.96. The lowest BCUT2D eigenvalue weighted by Crippen LogP contribution is -2.48. The van der Waals surface area contributed by atoms with Gasteiger partial charge in [0.25, 0.3) is 0 Å². The molecule has 4 rings (SSSR count). The maximum absolute atomic E-state index is 12.4. The maximum atomic E-state index is 12.4. The third kappa shape index (κ3) is 3.49. The SMILES string of the molecule is COc1cc2ncnc(N3CC4CC(C3)N(S(=O)(=O)NC(=O)O)C4)c2cc1OC. The highest BCUT2D eigenvalue weighted by Crippen LogP contribution is 2.38. The molecule has 29 heavy (non-hydrogen) atoms. The van der Waals surface area contributed by atoms with Gasteiger partial charge in [-0.05, 0) is 18.4 Å². The number of nitrogens with one attached hydrogen (secondary N) is 1. The molecule has 1 amide bonds. The number of amides is 1. The van der Waals surface area contributed by atoms with Crippen molar-refractivity contribution < 1.29 is 27.8 Å². The number of aromatic nitrogens is 2. The van der Waals surface area contributed by atoms with Gasteiger partial charge in [-0.2, -0.15) is 12.7 Å². The topological polar surface area (TPSA) is 134 Å². The van der Waals surface area contributed by atoms with Crippen LogP contribution < -0.4 is 19.1 Å². The van der Waals surface area contributed by atoms with Crippen molar-refractivity contribution in [3.05, 3.63) is 18.5 Å². The van der Waals surface area contributed by atoms with Crippen LogP contribution in [0, 0.1) is 5.92 Å². The van der Waals surface area contributed by atoms with Crippen LogP contribution in [0.5, 0.6) is 11.5 Å². The first-order valence-corrected chi connectivity index (χ1v) is 10.4. The summed E-state index contributed by atoms with van der Waals surface area (Å²) >= 11 is 0. The van der Waals surface area contributed by atoms with E-state index in [4.69, 9.17) is 14.6 Å². The van der Waals surface area contributed by atoms with Crippen LogP contribution >= 0.6 is 0 Å². The van der Waals surface area contributed by atoms with Crippen LogP contribution in [0.3, 0.4) is 0 Å². The first kappa shape index (κ1) is 19.5. The second-order valence-electron chi connectivity index (χ2n) is 7.06. The highest BCUT2D eigenvalue weighted by Gasteiger charge is 2.45. The molecule has 156 valence electrons. The summed E-state index contributed by atoms with van der Waals surface area (Å²) in [6, 6.07) is 3.24. The highest BCUT2D eigenvalue weighted by atomic mass is 32.2. The lowest BCUT2D eigenvalue weighted by atomic mass is 9.99. The van der Waals surface area contributed by atoms with Crippen LogP contribution in [-0.4, -0.2) is 73.8 Å². The Labute approximate surface area is 167 Å². The largest absolute Gasteiger partial charge is 0.493 e. The van der Waals surface area contributed by atoms with Gasteiger partial charge in [0.2, 0.25) is 0 Å². The Morgan fingerprint density at radius 3 is 2.59 bits per heavy atom. The quantitative estimate of drug-likeness (QED) is 0.711. The number of piperidine rings is 1. The Kier molecular flexibility index (Phi) is 4.82. The Hall–Kier alpha value is -2.86. The van der Waals surface area contributed by atoms with Gasteiger partial charge in [0.05, 0.1) is 19.7 Å². The molecule has 2 bridgehead atoms. The number of anilines is 1. The number of hydrogen-bond acceptors (Lipinski definition) is 8. The molecule has 2 atom stereocenters. The second kappa shape index (κ2) is 7.19. The summed E-state index contributed by atoms with van der Waals surface area (Å²) in [5, 5.41) is 9.59. The van der Waals surface area contributed by atoms with Crippen LogP contribution in [0.2, 0.25) is 0 Å². The molecule has 2 saturated heterocycles. The number of fused-ring (bicyclic) bond motifs is 3. The van der Waals surface area contributed by atoms with E-state index in [9.17, 15) is 13.2 Å². The van der Waals surface area contributed by atoms with E-state index < -0.39 is 16.3 Å². The summed E-state index contributed by atoms with van der Waals surface area (Å²) in [5.74, 6) is 1.85. The van der Waals surface area contributed by atoms with Crippen LogP contribution in [0.4, 0.5) is 10.6 Å². The van der Waals surface area contributed by atoms with Crippen molar-refractivity contribution in [2.75, 3.05) is 38.8 Å². The smallest absolute Gasteiger partial charge is 0.419 e. The molecule has 12 heteroatoms. The molecule has 2 aromatic rings. The minimum Gasteiger partial charge on any atom is -0.493 e. The fourth-order valence-corrected chi connectivity index (χ4v) is 5.47. The van der Waals surface area contributed by atoms with Crippen LogP contribution in [0.15, 0.2) is 18.5 Å². The van der Waals surface area contributed by atoms with E-state index in [0.29, 0.717) is 42.3 Å². The molecule has 0 spiro atoms. The van der Waals surface area contributed by atoms with E-state index in [1.54, 1.807) is 31.1 Å². The third-order valence-corrected chi connectivity index (χ3v) is 6.80. The van der Waals surface area contributed by atoms with Crippen molar-refractivity contribution in [3.63, 3.8) is 0 Å². The third-order valence-electron chi connectivity index (χ3n) is 5.30. The minimum absolute atomic E-state index is 0.0734. The monoisotopic (exact) mass is 423 g/mol. The lowest BCUT2D eigenvalue weighted by molar-refractivity contribution is 0.200. The summed E-state index contributed by atoms with van der Waals surface area (Å²) < 4.78 is 38.3. The fraction of sp³-hybridized carbons (Fsp3) is 0.471. The zero-order chi connectivity index (χ0) is 20.8. The number of nitrogens with zero attached hydrogens (tertiary/aromatic N) is 4. The summed E-state index contributed by atoms with van der Waals surface area (Å²) in [4.78, 5) is 21.6. The van der Waals surface area contributed by atoms with E-state index in [0.717, 1.165) is 5.39 Å². The average molecular weight is 423 g/mol. The van der Waals surface area contributed by atoms with Gasteiger partial charge in [-0.1, -0.05) is 0 Å². The van der Waals surface area contributed by atoms with Crippen molar-refractivity contribution >= 4 is 33.0 Å². The van der Waals surface area contributed by atoms with Crippen molar-refractivity contribution in [1.29, 1.82) is 0 Å². The number of hydrogen-bond donors (Lipinski definition) is 2. The number of carboxylic acid groups (broad SMARTS) is 1. The lowest BCUT2D eigenvalue weighted by Gasteiger charge is -2.33. The Balaban J connectivity index is 1.67. The first-order chi connectivity index (χ1) is 13.8. The molecular weight excluding hydrogens is 402 g/mol. The molecule has 0 aliphatic carbocycles. The molecule has 1 aromatic carbocycles. The van der Waals surface area contributed by atoms with E-state index >= 15 is 0 Å². The normalized spacial score (nSPS) is 21.9. The van der Waals surface area contributed by atoms with Gasteiger partial charge in [0, 0.05) is 37.1 Å². The Morgan fingerprint density at radius 1 is 1.17 bits per heavy atom. The number of rotatable bonds is 5. The van der Waals surface area contributed by atoms with Crippen molar-refractivity contribution in [2.24, 2.45) is 5.92 Å². The Bertz CT molecular complexity index is 1060. The highest BCUT2D eigenvalue weighted by molar-refractivity contribution is 7.87. The molecule has 2 fully saturated rings. The number of benzene rings is 1. The van der Waals surface area contributed by atoms with E-state index in [1.807, 2.05) is 4.90 Å². The molecule has 2 aliphatic heterocycles. The molecule has 0 saturated carbocycles. The number of carbonyl (C=O) groups is 1. The van der Waals surface area contributed by atoms with Gasteiger partial charge in [-0.25, -0.2) is 19.5 Å². The van der Waals surface area contributed by atoms with Crippen molar-refractivity contribution in [3.8, 4) is 11.5 Å². The molecular formula is C17H21N5O6S. The van der Waals surface area contributed by atoms with E-state index in [1.165, 1.54) is 10.6 Å². The van der Waals surface area contributed by atoms with Gasteiger partial charge in [-0.15, -0.1) is 0 Å². The van der Waals surface area contributed by atoms with Gasteiger partial charge in [0.15, 0.2) is 11.5 Å². The molecule has 3 heterocycles. The molecule has 0 radical (unpaired) electrons. The van der Waals surface area contributed by atoms with Crippen LogP contribution in [0.1, 0.15) is 6.42 Å². The number of ether oxygens (including phenoxy) is 2. The zero-order valence-electron chi connectivity index (χ0n) is 15.9. The maximum Gasteiger partial charge on any atom is 0.419 e. The predicted octanol–water partition coefficient (Wildman–Crippen LogP) is 0.670. The summed E-state index contributed by atoms with van der Waals surface area (Å²) in [6.45, 7) is 1.28. The number of methoxy groups -OCH3 is 2. The van der Waals surface area contributed by atoms with E-state index in [2.05, 4.69) is 9.97 Å². The van der Waals surface area contributed by atoms with Crippen molar-refractivity contribution in [1.82, 2.24) is 19.0 Å². The summed E-state index contributed by atoms with van der Waals surface area (Å²) in [6.07, 6.45) is 0.545. The minimum atomic E-state index is -4.09. The van der Waals surface area contributed by atoms with Gasteiger partial charge >= 0.3 is 16.3 Å². The van der Waals surface area contributed by atoms with Gasteiger partial charge in [0.1, 0.15) is 12.1 Å². The summed E-state index contributed by atoms with van der Waals surface area (Å²) in [5.41, 5.74) is 0.683. The fourth-order valence-electron chi connectivity index (χ4n) is 4.18. The van der Waals surface area contributed by atoms with Crippen LogP contribution in [-0.2, 0) is 10.2 Å². The predicted molar refractivity (Wildman–Crippen MR) is 104 cm³/mol. The molecule has 2 unspecified atom stereocenters. The standard InChI is InChI=1S/C17H21N5O6S/c1-27-14-4-12-13(5-15(14)28-2)18-9-19-16(12)21-6-10-3-11(8-21)22(7-10)29(25,26)20-17(23)24/h4-5,9-11,20H,3,6-8H2,1-2H3,(H,23,24). The van der Waals surface area contributed by atoms with Crippen LogP contribution in [0.25, 0.3) is 10.9 Å². The van der Waals surface area contributed by atoms with Gasteiger partial charge < -0.3 is 19.5 Å². The molecule has 2 aliphatic rings. The molecule has 2 N–H and O–H groups in total. The van der Waals surface area contributed by atoms with Gasteiger partial charge in [-0.3, -0.25) is 0 Å². The Morgan fingerprint density at radius 2 is 1.90 bits per heavy atom. The van der Waals surface area contributed by atoms with E-state index in [-0.39, 0.29) is 18.5 Å². The zero-order valence-corrected chi connectivity index (χ0v) is 16.7. The second-order valence-corrected chi connectivity index (χ2v) is 8.69. The van der Waals surface area contributed by atoms with Crippen molar-refractivity contribution in [2.45, 2.75) is 12.5 Å². The summed E-state index contributed by atoms with van der Waals surface area (Å²) in [7, 11) is -0.995.